The molecule has 1 unspecified atom stereocenters. The largest absolute Gasteiger partial charge is 0.352 e. The Morgan fingerprint density at radius 2 is 1.88 bits per heavy atom. The molecule has 2 rings (SSSR count). The highest BCUT2D eigenvalue weighted by atomic mass is 35.5. The summed E-state index contributed by atoms with van der Waals surface area (Å²) in [6.07, 6.45) is 7.73. The summed E-state index contributed by atoms with van der Waals surface area (Å²) in [6, 6.07) is 0.380. The van der Waals surface area contributed by atoms with E-state index in [0.29, 0.717) is 11.4 Å². The van der Waals surface area contributed by atoms with E-state index in [9.17, 15) is 4.79 Å². The highest BCUT2D eigenvalue weighted by molar-refractivity contribution is 8.00. The van der Waals surface area contributed by atoms with Crippen LogP contribution in [0.4, 0.5) is 0 Å². The molecule has 1 N–H and O–H groups in total. The minimum Gasteiger partial charge on any atom is -0.352 e. The molecule has 1 aliphatic heterocycles. The van der Waals surface area contributed by atoms with Gasteiger partial charge in [-0.2, -0.15) is 0 Å². The minimum atomic E-state index is 0.211. The van der Waals surface area contributed by atoms with Crippen LogP contribution >= 0.6 is 23.4 Å². The maximum atomic E-state index is 12.0. The topological polar surface area (TPSA) is 29.1 Å². The first-order chi connectivity index (χ1) is 7.75. The summed E-state index contributed by atoms with van der Waals surface area (Å²) in [7, 11) is 0. The minimum absolute atomic E-state index is 0.211. The first-order valence-corrected chi connectivity index (χ1v) is 7.80. The van der Waals surface area contributed by atoms with E-state index >= 15 is 0 Å². The molecule has 1 atom stereocenters. The summed E-state index contributed by atoms with van der Waals surface area (Å²) in [5.74, 6) is 1.41. The molecular weight excluding hydrogens is 242 g/mol. The Hall–Kier alpha value is 0.110. The van der Waals surface area contributed by atoms with Crippen molar-refractivity contribution in [2.24, 2.45) is 0 Å². The zero-order valence-corrected chi connectivity index (χ0v) is 11.2. The summed E-state index contributed by atoms with van der Waals surface area (Å²) < 4.78 is 0. The number of alkyl halides is 1. The van der Waals surface area contributed by atoms with Gasteiger partial charge in [0.25, 0.3) is 0 Å². The van der Waals surface area contributed by atoms with Gasteiger partial charge in [-0.3, -0.25) is 4.79 Å². The maximum absolute atomic E-state index is 12.0. The quantitative estimate of drug-likeness (QED) is 0.775. The molecule has 1 heterocycles. The van der Waals surface area contributed by atoms with E-state index in [1.165, 1.54) is 12.8 Å². The Balaban J connectivity index is 1.73. The smallest absolute Gasteiger partial charge is 0.233 e. The van der Waals surface area contributed by atoms with E-state index in [1.807, 2.05) is 11.8 Å². The number of thioether (sulfide) groups is 1. The molecule has 16 heavy (non-hydrogen) atoms. The molecule has 2 fully saturated rings. The maximum Gasteiger partial charge on any atom is 0.233 e. The number of rotatable bonds is 2. The number of hydrogen-bond donors (Lipinski definition) is 1. The molecule has 0 aromatic rings. The van der Waals surface area contributed by atoms with Crippen LogP contribution in [0.25, 0.3) is 0 Å². The van der Waals surface area contributed by atoms with Crippen LogP contribution in [-0.2, 0) is 4.79 Å². The summed E-state index contributed by atoms with van der Waals surface area (Å²) in [5.41, 5.74) is 0. The van der Waals surface area contributed by atoms with Crippen molar-refractivity contribution >= 4 is 29.3 Å². The van der Waals surface area contributed by atoms with Crippen LogP contribution in [0.5, 0.6) is 0 Å². The molecule has 0 aromatic heterocycles. The Bertz CT molecular complexity index is 235. The SMILES string of the molecule is O=C(NC1CCC(Cl)CC1)C1CCCCS1. The highest BCUT2D eigenvalue weighted by Crippen LogP contribution is 2.27. The molecule has 4 heteroatoms. The molecule has 2 aliphatic rings. The van der Waals surface area contributed by atoms with Gasteiger partial charge in [0, 0.05) is 11.4 Å². The number of nitrogens with one attached hydrogen (secondary N) is 1. The third-order valence-corrected chi connectivity index (χ3v) is 5.29. The average Bonchev–Trinajstić information content (AvgIpc) is 2.33. The fourth-order valence-corrected chi connectivity index (χ4v) is 3.90. The summed E-state index contributed by atoms with van der Waals surface area (Å²) in [5, 5.41) is 3.73. The van der Waals surface area contributed by atoms with Crippen LogP contribution in [0, 0.1) is 0 Å². The average molecular weight is 262 g/mol. The molecule has 1 saturated carbocycles. The lowest BCUT2D eigenvalue weighted by Crippen LogP contribution is -2.42. The second-order valence-corrected chi connectivity index (χ2v) is 6.74. The van der Waals surface area contributed by atoms with E-state index in [2.05, 4.69) is 5.32 Å². The van der Waals surface area contributed by atoms with Crippen molar-refractivity contribution in [1.82, 2.24) is 5.32 Å². The van der Waals surface area contributed by atoms with E-state index in [4.69, 9.17) is 11.6 Å². The van der Waals surface area contributed by atoms with Crippen molar-refractivity contribution in [2.45, 2.75) is 61.6 Å². The number of amides is 1. The van der Waals surface area contributed by atoms with Gasteiger partial charge in [-0.1, -0.05) is 6.42 Å². The zero-order chi connectivity index (χ0) is 11.4. The highest BCUT2D eigenvalue weighted by Gasteiger charge is 2.26. The molecule has 0 bridgehead atoms. The van der Waals surface area contributed by atoms with Gasteiger partial charge in [0.2, 0.25) is 5.91 Å². The van der Waals surface area contributed by atoms with E-state index in [0.717, 1.165) is 37.9 Å². The second kappa shape index (κ2) is 6.15. The molecule has 0 aromatic carbocycles. The summed E-state index contributed by atoms with van der Waals surface area (Å²) in [6.45, 7) is 0. The molecule has 1 amide bonds. The van der Waals surface area contributed by atoms with Crippen molar-refractivity contribution in [3.8, 4) is 0 Å². The van der Waals surface area contributed by atoms with Gasteiger partial charge in [-0.05, 0) is 44.3 Å². The summed E-state index contributed by atoms with van der Waals surface area (Å²) in [4.78, 5) is 12.0. The lowest BCUT2D eigenvalue weighted by molar-refractivity contribution is -0.121. The van der Waals surface area contributed by atoms with Crippen LogP contribution < -0.4 is 5.32 Å². The van der Waals surface area contributed by atoms with E-state index < -0.39 is 0 Å². The Kier molecular flexibility index (Phi) is 4.83. The third-order valence-electron chi connectivity index (χ3n) is 3.48. The lowest BCUT2D eigenvalue weighted by Gasteiger charge is -2.28. The third kappa shape index (κ3) is 3.56. The molecular formula is C12H20ClNOS. The van der Waals surface area contributed by atoms with Crippen molar-refractivity contribution in [1.29, 1.82) is 0 Å². The fraction of sp³-hybridized carbons (Fsp3) is 0.917. The van der Waals surface area contributed by atoms with E-state index in [-0.39, 0.29) is 11.2 Å². The van der Waals surface area contributed by atoms with Gasteiger partial charge in [-0.15, -0.1) is 23.4 Å². The van der Waals surface area contributed by atoms with Crippen LogP contribution in [0.15, 0.2) is 0 Å². The monoisotopic (exact) mass is 261 g/mol. The zero-order valence-electron chi connectivity index (χ0n) is 9.58. The van der Waals surface area contributed by atoms with Crippen LogP contribution in [0.3, 0.4) is 0 Å². The molecule has 0 radical (unpaired) electrons. The van der Waals surface area contributed by atoms with Gasteiger partial charge in [0.05, 0.1) is 5.25 Å². The molecule has 0 spiro atoms. The Labute approximate surface area is 107 Å². The van der Waals surface area contributed by atoms with Gasteiger partial charge in [0.15, 0.2) is 0 Å². The standard InChI is InChI=1S/C12H20ClNOS/c13-9-4-6-10(7-5-9)14-12(15)11-3-1-2-8-16-11/h9-11H,1-8H2,(H,14,15). The first kappa shape index (κ1) is 12.6. The second-order valence-electron chi connectivity index (χ2n) is 4.81. The first-order valence-electron chi connectivity index (χ1n) is 6.32. The van der Waals surface area contributed by atoms with Crippen molar-refractivity contribution in [2.75, 3.05) is 5.75 Å². The van der Waals surface area contributed by atoms with Crippen LogP contribution in [0.2, 0.25) is 0 Å². The Morgan fingerprint density at radius 1 is 1.12 bits per heavy atom. The van der Waals surface area contributed by atoms with Gasteiger partial charge in [-0.25, -0.2) is 0 Å². The van der Waals surface area contributed by atoms with Gasteiger partial charge >= 0.3 is 0 Å². The van der Waals surface area contributed by atoms with Crippen LogP contribution in [0.1, 0.15) is 44.9 Å². The summed E-state index contributed by atoms with van der Waals surface area (Å²) >= 11 is 7.87. The van der Waals surface area contributed by atoms with E-state index in [1.54, 1.807) is 0 Å². The number of carbonyl (C=O) groups is 1. The fourth-order valence-electron chi connectivity index (χ4n) is 2.44. The van der Waals surface area contributed by atoms with Crippen LogP contribution in [-0.4, -0.2) is 28.3 Å². The molecule has 1 saturated heterocycles. The molecule has 2 nitrogen and oxygen atoms in total. The Morgan fingerprint density at radius 3 is 2.50 bits per heavy atom. The van der Waals surface area contributed by atoms with Gasteiger partial charge in [0.1, 0.15) is 0 Å². The number of halogens is 1. The predicted molar refractivity (Wildman–Crippen MR) is 70.1 cm³/mol. The predicted octanol–water partition coefficient (Wildman–Crippen LogP) is 2.94. The van der Waals surface area contributed by atoms with Crippen molar-refractivity contribution in [3.63, 3.8) is 0 Å². The lowest BCUT2D eigenvalue weighted by atomic mass is 9.95. The normalized spacial score (nSPS) is 35.7. The molecule has 1 aliphatic carbocycles. The van der Waals surface area contributed by atoms with Crippen molar-refractivity contribution < 1.29 is 4.79 Å². The van der Waals surface area contributed by atoms with Crippen molar-refractivity contribution in [3.05, 3.63) is 0 Å². The number of carbonyl (C=O) groups excluding carboxylic acids is 1. The van der Waals surface area contributed by atoms with Gasteiger partial charge < -0.3 is 5.32 Å². The molecule has 92 valence electrons. The number of hydrogen-bond acceptors (Lipinski definition) is 2.